The van der Waals surface area contributed by atoms with Gasteiger partial charge in [0.1, 0.15) is 0 Å². The van der Waals surface area contributed by atoms with Crippen LogP contribution in [0.2, 0.25) is 0 Å². The van der Waals surface area contributed by atoms with Crippen LogP contribution in [0.4, 0.5) is 5.82 Å². The molecule has 0 fully saturated rings. The van der Waals surface area contributed by atoms with Crippen molar-refractivity contribution in [2.75, 3.05) is 5.32 Å². The van der Waals surface area contributed by atoms with Gasteiger partial charge in [-0.15, -0.1) is 0 Å². The standard InChI is InChI=1S/C7H6BN3O/c1-3-2-9-5-4(8)7(12)11-6(5)10-3/h2,8H,1H3,(H,10,11,12). The van der Waals surface area contributed by atoms with E-state index in [4.69, 9.17) is 0 Å². The van der Waals surface area contributed by atoms with Gasteiger partial charge in [0.05, 0.1) is 0 Å². The number of anilines is 1. The molecule has 0 aliphatic carbocycles. The van der Waals surface area contributed by atoms with Crippen LogP contribution in [-0.4, -0.2) is 28.8 Å². The summed E-state index contributed by atoms with van der Waals surface area (Å²) in [7, 11) is 3.59. The molecule has 1 amide bonds. The third-order valence-electron chi connectivity index (χ3n) is 1.68. The molecule has 12 heavy (non-hydrogen) atoms. The Morgan fingerprint density at radius 3 is 3.08 bits per heavy atom. The number of rotatable bonds is 0. The topological polar surface area (TPSA) is 54.9 Å². The molecule has 0 atom stereocenters. The van der Waals surface area contributed by atoms with Crippen molar-refractivity contribution in [2.45, 2.75) is 6.92 Å². The molecule has 0 bridgehead atoms. The van der Waals surface area contributed by atoms with Gasteiger partial charge in [-0.1, -0.05) is 0 Å². The average molecular weight is 159 g/mol. The van der Waals surface area contributed by atoms with Crippen LogP contribution >= 0.6 is 0 Å². The van der Waals surface area contributed by atoms with Crippen molar-refractivity contribution < 1.29 is 4.79 Å². The van der Waals surface area contributed by atoms with Gasteiger partial charge in [-0.3, -0.25) is 0 Å². The zero-order valence-electron chi connectivity index (χ0n) is 6.59. The van der Waals surface area contributed by atoms with E-state index < -0.39 is 0 Å². The van der Waals surface area contributed by atoms with Gasteiger partial charge in [0.15, 0.2) is 0 Å². The van der Waals surface area contributed by atoms with Crippen LogP contribution in [0.3, 0.4) is 0 Å². The van der Waals surface area contributed by atoms with Crippen LogP contribution in [0, 0.1) is 6.92 Å². The van der Waals surface area contributed by atoms with E-state index in [1.165, 1.54) is 0 Å². The van der Waals surface area contributed by atoms with E-state index in [9.17, 15) is 4.79 Å². The first kappa shape index (κ1) is 7.15. The first-order chi connectivity index (χ1) is 5.68. The summed E-state index contributed by atoms with van der Waals surface area (Å²) in [6, 6.07) is 0. The molecule has 58 valence electrons. The van der Waals surface area contributed by atoms with E-state index in [-0.39, 0.29) is 5.91 Å². The molecule has 1 aliphatic rings. The number of hydrogen-bond acceptors (Lipinski definition) is 3. The molecule has 0 saturated carbocycles. The summed E-state index contributed by atoms with van der Waals surface area (Å²) in [5, 5.41) is 2.58. The van der Waals surface area contributed by atoms with Crippen LogP contribution in [0.1, 0.15) is 11.4 Å². The molecule has 0 spiro atoms. The van der Waals surface area contributed by atoms with Gasteiger partial charge in [-0.2, -0.15) is 0 Å². The SMILES string of the molecule is B=C1C(=O)Nc2nc(C)cnc21. The number of hydrogen-bond donors (Lipinski definition) is 1. The molecule has 0 unspecified atom stereocenters. The molecule has 0 saturated heterocycles. The molecule has 1 aliphatic heterocycles. The van der Waals surface area contributed by atoms with Crippen molar-refractivity contribution in [2.24, 2.45) is 0 Å². The van der Waals surface area contributed by atoms with Crippen molar-refractivity contribution in [3.05, 3.63) is 17.6 Å². The minimum absolute atomic E-state index is 0.212. The maximum atomic E-state index is 11.1. The second-order valence-electron chi connectivity index (χ2n) is 2.64. The number of fused-ring (bicyclic) bond motifs is 1. The van der Waals surface area contributed by atoms with Crippen molar-refractivity contribution in [1.82, 2.24) is 9.97 Å². The summed E-state index contributed by atoms with van der Waals surface area (Å²) in [4.78, 5) is 19.2. The molecular formula is C7H6BN3O. The predicted octanol–water partition coefficient (Wildman–Crippen LogP) is -0.842. The minimum atomic E-state index is -0.212. The Hall–Kier alpha value is -1.52. The van der Waals surface area contributed by atoms with Crippen LogP contribution < -0.4 is 5.32 Å². The van der Waals surface area contributed by atoms with E-state index in [2.05, 4.69) is 22.8 Å². The zero-order chi connectivity index (χ0) is 8.72. The van der Waals surface area contributed by atoms with Crippen molar-refractivity contribution >= 4 is 24.7 Å². The summed E-state index contributed by atoms with van der Waals surface area (Å²) in [5.74, 6) is 0.306. The fraction of sp³-hybridized carbons (Fsp3) is 0.143. The second-order valence-corrected chi connectivity index (χ2v) is 2.64. The Balaban J connectivity index is 2.62. The molecule has 5 heteroatoms. The summed E-state index contributed by atoms with van der Waals surface area (Å²) >= 11 is 0. The first-order valence-corrected chi connectivity index (χ1v) is 3.53. The quantitative estimate of drug-likeness (QED) is 0.502. The number of carbonyl (C=O) groups is 1. The fourth-order valence-corrected chi connectivity index (χ4v) is 1.08. The van der Waals surface area contributed by atoms with Gasteiger partial charge in [0, 0.05) is 0 Å². The van der Waals surface area contributed by atoms with Gasteiger partial charge in [0.2, 0.25) is 0 Å². The number of amides is 1. The average Bonchev–Trinajstić information content (AvgIpc) is 2.28. The number of nitrogens with one attached hydrogen (secondary N) is 1. The Bertz CT molecular complexity index is 388. The van der Waals surface area contributed by atoms with E-state index in [1.807, 2.05) is 6.92 Å². The first-order valence-electron chi connectivity index (χ1n) is 3.53. The van der Waals surface area contributed by atoms with Crippen LogP contribution in [-0.2, 0) is 4.79 Å². The van der Waals surface area contributed by atoms with Crippen molar-refractivity contribution in [3.63, 3.8) is 0 Å². The number of nitrogens with zero attached hydrogens (tertiary/aromatic N) is 2. The van der Waals surface area contributed by atoms with E-state index in [0.29, 0.717) is 17.0 Å². The van der Waals surface area contributed by atoms with Crippen LogP contribution in [0.15, 0.2) is 6.20 Å². The fourth-order valence-electron chi connectivity index (χ4n) is 1.08. The Labute approximate surface area is 70.1 Å². The van der Waals surface area contributed by atoms with E-state index in [1.54, 1.807) is 6.20 Å². The molecule has 1 aromatic rings. The summed E-state index contributed by atoms with van der Waals surface area (Å²) < 4.78 is 0. The number of carbonyl (C=O) groups excluding carboxylic acids is 1. The molecule has 1 aromatic heterocycles. The number of aromatic nitrogens is 2. The van der Waals surface area contributed by atoms with E-state index >= 15 is 0 Å². The van der Waals surface area contributed by atoms with Crippen molar-refractivity contribution in [3.8, 4) is 0 Å². The summed E-state index contributed by atoms with van der Waals surface area (Å²) in [5.41, 5.74) is 1.73. The van der Waals surface area contributed by atoms with Crippen molar-refractivity contribution in [1.29, 1.82) is 0 Å². The van der Waals surface area contributed by atoms with Crippen LogP contribution in [0.5, 0.6) is 0 Å². The molecule has 2 rings (SSSR count). The maximum absolute atomic E-state index is 11.1. The normalized spacial score (nSPS) is 14.3. The predicted molar refractivity (Wildman–Crippen MR) is 46.7 cm³/mol. The van der Waals surface area contributed by atoms with Gasteiger partial charge >= 0.3 is 69.3 Å². The number of aryl methyl sites for hydroxylation is 1. The van der Waals surface area contributed by atoms with E-state index in [0.717, 1.165) is 5.69 Å². The van der Waals surface area contributed by atoms with Gasteiger partial charge < -0.3 is 0 Å². The molecule has 0 aromatic carbocycles. The Kier molecular flexibility index (Phi) is 1.33. The van der Waals surface area contributed by atoms with Gasteiger partial charge in [-0.25, -0.2) is 0 Å². The monoisotopic (exact) mass is 159 g/mol. The molecule has 0 radical (unpaired) electrons. The van der Waals surface area contributed by atoms with Gasteiger partial charge in [-0.05, 0) is 0 Å². The third kappa shape index (κ3) is 0.862. The zero-order valence-corrected chi connectivity index (χ0v) is 6.59. The molecule has 2 heterocycles. The Morgan fingerprint density at radius 1 is 1.58 bits per heavy atom. The van der Waals surface area contributed by atoms with Crippen LogP contribution in [0.25, 0.3) is 0 Å². The molecule has 1 N–H and O–H groups in total. The molecule has 4 nitrogen and oxygen atoms in total. The third-order valence-corrected chi connectivity index (χ3v) is 1.68. The second kappa shape index (κ2) is 2.23. The Morgan fingerprint density at radius 2 is 2.33 bits per heavy atom. The summed E-state index contributed by atoms with van der Waals surface area (Å²) in [6.07, 6.45) is 1.62. The summed E-state index contributed by atoms with van der Waals surface area (Å²) in [6.45, 7) is 1.82. The van der Waals surface area contributed by atoms with Gasteiger partial charge in [0.25, 0.3) is 0 Å². The molecular weight excluding hydrogens is 153 g/mol.